The average molecular weight is 359 g/mol. The lowest BCUT2D eigenvalue weighted by Crippen LogP contribution is -2.42. The first-order valence-corrected chi connectivity index (χ1v) is 8.89. The Morgan fingerprint density at radius 2 is 1.92 bits per heavy atom. The van der Waals surface area contributed by atoms with Crippen LogP contribution < -0.4 is 10.9 Å². The number of rotatable bonds is 5. The minimum Gasteiger partial charge on any atom is -0.347 e. The molecule has 0 saturated carbocycles. The highest BCUT2D eigenvalue weighted by Gasteiger charge is 2.17. The van der Waals surface area contributed by atoms with Crippen molar-refractivity contribution in [2.24, 2.45) is 0 Å². The first kappa shape index (κ1) is 18.1. The summed E-state index contributed by atoms with van der Waals surface area (Å²) < 4.78 is 13.2. The molecule has 1 fully saturated rings. The van der Waals surface area contributed by atoms with Crippen LogP contribution in [0.2, 0.25) is 0 Å². The van der Waals surface area contributed by atoms with Crippen LogP contribution in [0.3, 0.4) is 0 Å². The number of nitrogens with zero attached hydrogens (tertiary/aromatic N) is 1. The van der Waals surface area contributed by atoms with Gasteiger partial charge in [0.15, 0.2) is 0 Å². The van der Waals surface area contributed by atoms with Crippen LogP contribution in [0, 0.1) is 5.82 Å². The van der Waals surface area contributed by atoms with E-state index in [4.69, 9.17) is 0 Å². The summed E-state index contributed by atoms with van der Waals surface area (Å²) >= 11 is 0. The molecule has 1 aliphatic heterocycles. The van der Waals surface area contributed by atoms with E-state index in [2.05, 4.69) is 10.3 Å². The summed E-state index contributed by atoms with van der Waals surface area (Å²) in [5.74, 6) is -0.753. The number of aromatic amines is 1. The second-order valence-corrected chi connectivity index (χ2v) is 6.57. The van der Waals surface area contributed by atoms with Gasteiger partial charge in [0.2, 0.25) is 11.8 Å². The molecule has 0 spiro atoms. The van der Waals surface area contributed by atoms with Crippen molar-refractivity contribution in [3.63, 3.8) is 0 Å². The Morgan fingerprint density at radius 3 is 2.69 bits per heavy atom. The van der Waals surface area contributed by atoms with E-state index < -0.39 is 5.82 Å². The minimum absolute atomic E-state index is 0.00775. The lowest BCUT2D eigenvalue weighted by molar-refractivity contribution is -0.133. The molecule has 26 heavy (non-hydrogen) atoms. The van der Waals surface area contributed by atoms with Crippen LogP contribution in [0.5, 0.6) is 0 Å². The summed E-state index contributed by atoms with van der Waals surface area (Å²) in [6.45, 7) is 1.50. The Kier molecular flexibility index (Phi) is 5.65. The number of hydrogen-bond donors (Lipinski definition) is 2. The van der Waals surface area contributed by atoms with E-state index in [0.29, 0.717) is 16.5 Å². The van der Waals surface area contributed by atoms with Gasteiger partial charge in [0.1, 0.15) is 5.82 Å². The number of nitrogens with one attached hydrogen (secondary N) is 2. The number of hydrogen-bond acceptors (Lipinski definition) is 3. The van der Waals surface area contributed by atoms with Gasteiger partial charge in [-0.25, -0.2) is 4.39 Å². The monoisotopic (exact) mass is 359 g/mol. The van der Waals surface area contributed by atoms with Gasteiger partial charge in [0, 0.05) is 25.1 Å². The molecule has 1 saturated heterocycles. The van der Waals surface area contributed by atoms with Crippen molar-refractivity contribution in [2.75, 3.05) is 19.6 Å². The molecule has 1 aromatic heterocycles. The molecular formula is C19H22FN3O3. The first-order chi connectivity index (χ1) is 12.5. The Morgan fingerprint density at radius 1 is 1.15 bits per heavy atom. The fourth-order valence-corrected chi connectivity index (χ4v) is 3.17. The molecule has 2 amide bonds. The number of piperidine rings is 1. The summed E-state index contributed by atoms with van der Waals surface area (Å²) in [6.07, 6.45) is 3.53. The predicted octanol–water partition coefficient (Wildman–Crippen LogP) is 1.73. The largest absolute Gasteiger partial charge is 0.347 e. The quantitative estimate of drug-likeness (QED) is 0.853. The van der Waals surface area contributed by atoms with E-state index in [0.717, 1.165) is 32.4 Å². The summed E-state index contributed by atoms with van der Waals surface area (Å²) in [6, 6.07) is 5.84. The smallest absolute Gasteiger partial charge is 0.251 e. The number of likely N-dealkylation sites (tertiary alicyclic amines) is 1. The molecule has 3 rings (SSSR count). The van der Waals surface area contributed by atoms with Crippen molar-refractivity contribution >= 4 is 22.7 Å². The summed E-state index contributed by atoms with van der Waals surface area (Å²) in [7, 11) is 0. The van der Waals surface area contributed by atoms with E-state index >= 15 is 0 Å². The van der Waals surface area contributed by atoms with Crippen LogP contribution >= 0.6 is 0 Å². The van der Waals surface area contributed by atoms with Gasteiger partial charge in [-0.2, -0.15) is 0 Å². The zero-order valence-corrected chi connectivity index (χ0v) is 14.5. The standard InChI is InChI=1S/C19H22FN3O3/c20-15-6-4-13-10-14(19(26)22-16(13)11-15)5-7-17(24)21-12-18(25)23-8-2-1-3-9-23/h4,6,10-11H,1-3,5,7-9,12H2,(H,21,24)(H,22,26). The number of fused-ring (bicyclic) bond motifs is 1. The molecule has 0 atom stereocenters. The number of carbonyl (C=O) groups is 2. The maximum absolute atomic E-state index is 13.2. The second-order valence-electron chi connectivity index (χ2n) is 6.57. The minimum atomic E-state index is -0.418. The third-order valence-electron chi connectivity index (χ3n) is 4.65. The van der Waals surface area contributed by atoms with Crippen LogP contribution in [0.25, 0.3) is 10.9 Å². The lowest BCUT2D eigenvalue weighted by Gasteiger charge is -2.26. The number of carbonyl (C=O) groups excluding carboxylic acids is 2. The summed E-state index contributed by atoms with van der Waals surface area (Å²) in [5, 5.41) is 3.33. The van der Waals surface area contributed by atoms with E-state index in [1.807, 2.05) is 0 Å². The topological polar surface area (TPSA) is 82.3 Å². The van der Waals surface area contributed by atoms with Crippen LogP contribution in [0.1, 0.15) is 31.2 Å². The van der Waals surface area contributed by atoms with Crippen LogP contribution in [0.15, 0.2) is 29.1 Å². The highest BCUT2D eigenvalue weighted by Crippen LogP contribution is 2.13. The first-order valence-electron chi connectivity index (χ1n) is 8.89. The number of H-pyrrole nitrogens is 1. The molecule has 138 valence electrons. The molecule has 1 aliphatic rings. The number of benzene rings is 1. The number of aromatic nitrogens is 1. The molecule has 7 heteroatoms. The molecule has 0 radical (unpaired) electrons. The number of pyridine rings is 1. The lowest BCUT2D eigenvalue weighted by atomic mass is 10.1. The third-order valence-corrected chi connectivity index (χ3v) is 4.65. The second kappa shape index (κ2) is 8.12. The van der Waals surface area contributed by atoms with Gasteiger partial charge >= 0.3 is 0 Å². The maximum atomic E-state index is 13.2. The molecule has 0 bridgehead atoms. The van der Waals surface area contributed by atoms with Gasteiger partial charge < -0.3 is 15.2 Å². The van der Waals surface area contributed by atoms with Crippen molar-refractivity contribution in [3.8, 4) is 0 Å². The van der Waals surface area contributed by atoms with Crippen LogP contribution in [-0.4, -0.2) is 41.3 Å². The fourth-order valence-electron chi connectivity index (χ4n) is 3.17. The summed E-state index contributed by atoms with van der Waals surface area (Å²) in [4.78, 5) is 40.5. The van der Waals surface area contributed by atoms with Crippen molar-refractivity contribution in [1.29, 1.82) is 0 Å². The van der Waals surface area contributed by atoms with Crippen molar-refractivity contribution in [2.45, 2.75) is 32.1 Å². The van der Waals surface area contributed by atoms with E-state index in [1.165, 1.54) is 12.1 Å². The SMILES string of the molecule is O=C(CCc1cc2ccc(F)cc2[nH]c1=O)NCC(=O)N1CCCCC1. The van der Waals surface area contributed by atoms with Gasteiger partial charge in [0.25, 0.3) is 5.56 Å². The normalized spacial score (nSPS) is 14.4. The van der Waals surface area contributed by atoms with Crippen molar-refractivity contribution in [1.82, 2.24) is 15.2 Å². The Labute approximate surface area is 150 Å². The zero-order valence-electron chi connectivity index (χ0n) is 14.5. The average Bonchev–Trinajstić information content (AvgIpc) is 2.65. The molecular weight excluding hydrogens is 337 g/mol. The Balaban J connectivity index is 1.53. The molecule has 2 N–H and O–H groups in total. The third kappa shape index (κ3) is 4.47. The number of amides is 2. The zero-order chi connectivity index (χ0) is 18.5. The van der Waals surface area contributed by atoms with Crippen LogP contribution in [0.4, 0.5) is 4.39 Å². The van der Waals surface area contributed by atoms with Gasteiger partial charge in [0.05, 0.1) is 12.1 Å². The van der Waals surface area contributed by atoms with E-state index in [1.54, 1.807) is 17.0 Å². The van der Waals surface area contributed by atoms with Gasteiger partial charge in [-0.3, -0.25) is 14.4 Å². The number of halogens is 1. The van der Waals surface area contributed by atoms with E-state index in [-0.39, 0.29) is 36.8 Å². The highest BCUT2D eigenvalue weighted by molar-refractivity contribution is 5.85. The molecule has 6 nitrogen and oxygen atoms in total. The van der Waals surface area contributed by atoms with Crippen molar-refractivity contribution < 1.29 is 14.0 Å². The summed E-state index contributed by atoms with van der Waals surface area (Å²) in [5.41, 5.74) is 0.553. The fraction of sp³-hybridized carbons (Fsp3) is 0.421. The Hall–Kier alpha value is -2.70. The van der Waals surface area contributed by atoms with Crippen molar-refractivity contribution in [3.05, 3.63) is 46.0 Å². The van der Waals surface area contributed by atoms with Gasteiger partial charge in [-0.1, -0.05) is 0 Å². The predicted molar refractivity (Wildman–Crippen MR) is 96.3 cm³/mol. The Bertz CT molecular complexity index is 872. The number of aryl methyl sites for hydroxylation is 1. The molecule has 2 aromatic rings. The van der Waals surface area contributed by atoms with Gasteiger partial charge in [-0.05, 0) is 55.3 Å². The molecule has 1 aromatic carbocycles. The highest BCUT2D eigenvalue weighted by atomic mass is 19.1. The maximum Gasteiger partial charge on any atom is 0.251 e. The van der Waals surface area contributed by atoms with E-state index in [9.17, 15) is 18.8 Å². The molecule has 0 unspecified atom stereocenters. The van der Waals surface area contributed by atoms with Gasteiger partial charge in [-0.15, -0.1) is 0 Å². The molecule has 0 aliphatic carbocycles. The van der Waals surface area contributed by atoms with Crippen LogP contribution in [-0.2, 0) is 16.0 Å². The molecule has 2 heterocycles.